The number of aromatic nitrogens is 1. The molecule has 1 heterocycles. The number of nitrogens with zero attached hydrogens (tertiary/aromatic N) is 2. The van der Waals surface area contributed by atoms with Crippen molar-refractivity contribution in [1.29, 1.82) is 0 Å². The summed E-state index contributed by atoms with van der Waals surface area (Å²) >= 11 is 10.6. The van der Waals surface area contributed by atoms with Gasteiger partial charge in [0.05, 0.1) is 11.5 Å². The molecule has 0 aliphatic rings. The standard InChI is InChI=1S/C16H19Cl2N3O3S/c1-13-8-10-15(11-9-13)25(22,23)20-16-7-4-6-14(19-16)5-2-3-12-24-21(17)18/h4,6-11H,2-3,5,12H2,1H3,(H,19,20). The van der Waals surface area contributed by atoms with Gasteiger partial charge in [0, 0.05) is 29.2 Å². The van der Waals surface area contributed by atoms with E-state index in [0.717, 1.165) is 24.1 Å². The molecule has 1 aromatic carbocycles. The largest absolute Gasteiger partial charge is 0.269 e. The lowest BCUT2D eigenvalue weighted by molar-refractivity contribution is -0.0145. The average Bonchev–Trinajstić information content (AvgIpc) is 2.54. The number of halogens is 2. The summed E-state index contributed by atoms with van der Waals surface area (Å²) in [5.41, 5.74) is 1.78. The zero-order chi connectivity index (χ0) is 18.3. The number of pyridine rings is 1. The Bertz CT molecular complexity index is 783. The van der Waals surface area contributed by atoms with Gasteiger partial charge < -0.3 is 0 Å². The minimum Gasteiger partial charge on any atom is -0.269 e. The Morgan fingerprint density at radius 3 is 2.52 bits per heavy atom. The van der Waals surface area contributed by atoms with E-state index in [4.69, 9.17) is 28.4 Å². The quantitative estimate of drug-likeness (QED) is 0.388. The third-order valence-corrected chi connectivity index (χ3v) is 4.96. The Labute approximate surface area is 158 Å². The summed E-state index contributed by atoms with van der Waals surface area (Å²) in [4.78, 5) is 9.42. The molecule has 136 valence electrons. The molecule has 0 aliphatic heterocycles. The van der Waals surface area contributed by atoms with Crippen molar-refractivity contribution in [3.63, 3.8) is 0 Å². The van der Waals surface area contributed by atoms with E-state index in [2.05, 4.69) is 9.71 Å². The zero-order valence-electron chi connectivity index (χ0n) is 13.7. The molecule has 0 bridgehead atoms. The van der Waals surface area contributed by atoms with Crippen LogP contribution in [-0.4, -0.2) is 24.1 Å². The molecular formula is C16H19Cl2N3O3S. The highest BCUT2D eigenvalue weighted by Gasteiger charge is 2.14. The van der Waals surface area contributed by atoms with Crippen molar-refractivity contribution in [2.45, 2.75) is 31.1 Å². The lowest BCUT2D eigenvalue weighted by atomic mass is 10.2. The molecule has 0 radical (unpaired) electrons. The summed E-state index contributed by atoms with van der Waals surface area (Å²) < 4.78 is 27.9. The third-order valence-electron chi connectivity index (χ3n) is 3.39. The molecule has 9 heteroatoms. The summed E-state index contributed by atoms with van der Waals surface area (Å²) in [5, 5.41) is 0. The molecule has 0 atom stereocenters. The second-order valence-electron chi connectivity index (χ2n) is 5.42. The first kappa shape index (κ1) is 19.9. The second kappa shape index (κ2) is 9.35. The van der Waals surface area contributed by atoms with Crippen LogP contribution in [0.1, 0.15) is 24.1 Å². The molecule has 0 fully saturated rings. The predicted molar refractivity (Wildman–Crippen MR) is 98.7 cm³/mol. The Kier molecular flexibility index (Phi) is 7.46. The van der Waals surface area contributed by atoms with Crippen molar-refractivity contribution in [2.75, 3.05) is 11.3 Å². The topological polar surface area (TPSA) is 71.5 Å². The van der Waals surface area contributed by atoms with Crippen LogP contribution in [0.3, 0.4) is 0 Å². The third kappa shape index (κ3) is 6.80. The van der Waals surface area contributed by atoms with Crippen LogP contribution in [0.25, 0.3) is 0 Å². The van der Waals surface area contributed by atoms with Crippen LogP contribution < -0.4 is 4.72 Å². The number of unbranched alkanes of at least 4 members (excludes halogenated alkanes) is 1. The molecule has 0 saturated heterocycles. The number of rotatable bonds is 9. The highest BCUT2D eigenvalue weighted by atomic mass is 35.5. The van der Waals surface area contributed by atoms with Crippen molar-refractivity contribution in [3.05, 3.63) is 53.7 Å². The summed E-state index contributed by atoms with van der Waals surface area (Å²) in [6, 6.07) is 11.9. The highest BCUT2D eigenvalue weighted by molar-refractivity contribution is 7.92. The average molecular weight is 404 g/mol. The minimum atomic E-state index is -3.65. The van der Waals surface area contributed by atoms with Gasteiger partial charge in [-0.05, 0) is 54.6 Å². The van der Waals surface area contributed by atoms with E-state index in [1.54, 1.807) is 36.4 Å². The summed E-state index contributed by atoms with van der Waals surface area (Å²) in [6.07, 6.45) is 2.24. The maximum atomic E-state index is 12.4. The van der Waals surface area contributed by atoms with Crippen molar-refractivity contribution in [1.82, 2.24) is 9.09 Å². The molecule has 0 spiro atoms. The van der Waals surface area contributed by atoms with Crippen LogP contribution in [0.15, 0.2) is 47.4 Å². The normalized spacial score (nSPS) is 11.7. The van der Waals surface area contributed by atoms with E-state index in [1.807, 2.05) is 13.0 Å². The molecule has 2 aromatic rings. The Hall–Kier alpha value is -1.38. The Morgan fingerprint density at radius 1 is 1.12 bits per heavy atom. The predicted octanol–water partition coefficient (Wildman–Crippen LogP) is 4.05. The smallest absolute Gasteiger partial charge is 0.263 e. The molecule has 6 nitrogen and oxygen atoms in total. The number of hydrogen-bond donors (Lipinski definition) is 1. The molecule has 0 aliphatic carbocycles. The Balaban J connectivity index is 1.95. The van der Waals surface area contributed by atoms with Gasteiger partial charge in [-0.2, -0.15) is 0 Å². The number of hydrogen-bond acceptors (Lipinski definition) is 5. The number of sulfonamides is 1. The highest BCUT2D eigenvalue weighted by Crippen LogP contribution is 2.16. The maximum Gasteiger partial charge on any atom is 0.263 e. The van der Waals surface area contributed by atoms with Crippen LogP contribution in [0.2, 0.25) is 0 Å². The van der Waals surface area contributed by atoms with Crippen LogP contribution in [0, 0.1) is 6.92 Å². The molecule has 0 saturated carbocycles. The number of nitrogens with one attached hydrogen (secondary N) is 1. The number of benzene rings is 1. The van der Waals surface area contributed by atoms with Gasteiger partial charge in [-0.15, -0.1) is 0 Å². The van der Waals surface area contributed by atoms with Crippen molar-refractivity contribution in [3.8, 4) is 0 Å². The van der Waals surface area contributed by atoms with Gasteiger partial charge in [0.2, 0.25) is 0 Å². The molecule has 25 heavy (non-hydrogen) atoms. The maximum absolute atomic E-state index is 12.4. The van der Waals surface area contributed by atoms with Crippen molar-refractivity contribution in [2.24, 2.45) is 0 Å². The first-order valence-corrected chi connectivity index (χ1v) is 9.83. The van der Waals surface area contributed by atoms with Crippen molar-refractivity contribution >= 4 is 39.4 Å². The summed E-state index contributed by atoms with van der Waals surface area (Å²) in [6.45, 7) is 2.30. The fourth-order valence-corrected chi connectivity index (χ4v) is 3.27. The fraction of sp³-hybridized carbons (Fsp3) is 0.312. The molecule has 1 N–H and O–H groups in total. The van der Waals surface area contributed by atoms with Crippen LogP contribution in [0.4, 0.5) is 5.82 Å². The molecular weight excluding hydrogens is 385 g/mol. The van der Waals surface area contributed by atoms with E-state index in [1.165, 1.54) is 0 Å². The van der Waals surface area contributed by atoms with E-state index in [9.17, 15) is 8.42 Å². The van der Waals surface area contributed by atoms with Crippen molar-refractivity contribution < 1.29 is 13.3 Å². The molecule has 0 unspecified atom stereocenters. The lowest BCUT2D eigenvalue weighted by Gasteiger charge is -2.09. The van der Waals surface area contributed by atoms with Crippen LogP contribution >= 0.6 is 23.6 Å². The van der Waals surface area contributed by atoms with Gasteiger partial charge in [0.25, 0.3) is 10.0 Å². The lowest BCUT2D eigenvalue weighted by Crippen LogP contribution is -2.14. The fourth-order valence-electron chi connectivity index (χ4n) is 2.13. The van der Waals surface area contributed by atoms with Gasteiger partial charge in [0.15, 0.2) is 0 Å². The molecule has 2 rings (SSSR count). The molecule has 0 amide bonds. The number of aryl methyl sites for hydroxylation is 2. The van der Waals surface area contributed by atoms with Gasteiger partial charge in [-0.3, -0.25) is 9.56 Å². The SMILES string of the molecule is Cc1ccc(S(=O)(=O)Nc2cccc(CCCCON(Cl)Cl)n2)cc1. The monoisotopic (exact) mass is 403 g/mol. The molecule has 1 aromatic heterocycles. The van der Waals surface area contributed by atoms with Gasteiger partial charge in [-0.1, -0.05) is 23.8 Å². The van der Waals surface area contributed by atoms with Gasteiger partial charge in [0.1, 0.15) is 5.82 Å². The van der Waals surface area contributed by atoms with E-state index in [0.29, 0.717) is 22.9 Å². The van der Waals surface area contributed by atoms with E-state index >= 15 is 0 Å². The number of anilines is 1. The van der Waals surface area contributed by atoms with E-state index < -0.39 is 10.0 Å². The van der Waals surface area contributed by atoms with E-state index in [-0.39, 0.29) is 4.90 Å². The zero-order valence-corrected chi connectivity index (χ0v) is 16.0. The second-order valence-corrected chi connectivity index (χ2v) is 7.89. The van der Waals surface area contributed by atoms with Gasteiger partial charge >= 0.3 is 0 Å². The Morgan fingerprint density at radius 2 is 1.84 bits per heavy atom. The minimum absolute atomic E-state index is 0.203. The van der Waals surface area contributed by atoms with Crippen LogP contribution in [0.5, 0.6) is 0 Å². The van der Waals surface area contributed by atoms with Gasteiger partial charge in [-0.25, -0.2) is 13.4 Å². The van der Waals surface area contributed by atoms with Crippen LogP contribution in [-0.2, 0) is 21.3 Å². The summed E-state index contributed by atoms with van der Waals surface area (Å²) in [5.74, 6) is 0.294. The first-order chi connectivity index (χ1) is 11.9. The summed E-state index contributed by atoms with van der Waals surface area (Å²) in [7, 11) is -3.65. The first-order valence-electron chi connectivity index (χ1n) is 7.67.